The summed E-state index contributed by atoms with van der Waals surface area (Å²) in [5, 5.41) is -0.0453. The van der Waals surface area contributed by atoms with Crippen LogP contribution in [0.2, 0.25) is 0 Å². The molecule has 0 saturated heterocycles. The van der Waals surface area contributed by atoms with Crippen molar-refractivity contribution in [3.8, 4) is 0 Å². The molecule has 1 atom stereocenters. The number of anilines is 1. The average Bonchev–Trinajstić information content (AvgIpc) is 3.04. The Morgan fingerprint density at radius 1 is 1.12 bits per heavy atom. The van der Waals surface area contributed by atoms with Crippen molar-refractivity contribution in [2.45, 2.75) is 23.1 Å². The lowest BCUT2D eigenvalue weighted by Crippen LogP contribution is -2.23. The predicted octanol–water partition coefficient (Wildman–Crippen LogP) is 5.80. The van der Waals surface area contributed by atoms with E-state index < -0.39 is 11.6 Å². The molecule has 25 heavy (non-hydrogen) atoms. The molecule has 128 valence electrons. The van der Waals surface area contributed by atoms with Crippen LogP contribution in [0, 0.1) is 11.6 Å². The second-order valence-corrected chi connectivity index (χ2v) is 7.33. The van der Waals surface area contributed by atoms with E-state index in [9.17, 15) is 8.78 Å². The number of thioether (sulfide) groups is 1. The molecule has 0 fully saturated rings. The summed E-state index contributed by atoms with van der Waals surface area (Å²) in [6.07, 6.45) is 4.20. The zero-order valence-corrected chi connectivity index (χ0v) is 14.3. The summed E-state index contributed by atoms with van der Waals surface area (Å²) in [5.41, 5.74) is 2.80. The van der Waals surface area contributed by atoms with Crippen LogP contribution in [-0.4, -0.2) is 6.54 Å². The quantitative estimate of drug-likeness (QED) is 0.589. The van der Waals surface area contributed by atoms with Crippen LogP contribution in [0.1, 0.15) is 22.8 Å². The fourth-order valence-corrected chi connectivity index (χ4v) is 4.50. The Bertz CT molecular complexity index is 866. The zero-order valence-electron chi connectivity index (χ0n) is 13.5. The molecule has 1 aliphatic rings. The number of benzene rings is 2. The van der Waals surface area contributed by atoms with Gasteiger partial charge in [-0.15, -0.1) is 11.8 Å². The summed E-state index contributed by atoms with van der Waals surface area (Å²) in [5.74, 6) is -1.01. The number of fused-ring (bicyclic) bond motifs is 1. The first kappa shape index (κ1) is 16.2. The summed E-state index contributed by atoms with van der Waals surface area (Å²) in [4.78, 5) is 3.39. The van der Waals surface area contributed by atoms with E-state index in [4.69, 9.17) is 4.42 Å². The van der Waals surface area contributed by atoms with Gasteiger partial charge in [-0.05, 0) is 30.7 Å². The topological polar surface area (TPSA) is 16.4 Å². The fourth-order valence-electron chi connectivity index (χ4n) is 3.17. The highest BCUT2D eigenvalue weighted by Crippen LogP contribution is 2.46. The third-order valence-corrected chi connectivity index (χ3v) is 5.77. The number of para-hydroxylation sites is 1. The van der Waals surface area contributed by atoms with E-state index in [0.717, 1.165) is 41.7 Å². The molecule has 0 amide bonds. The molecule has 0 bridgehead atoms. The molecule has 2 aromatic carbocycles. The number of rotatable bonds is 3. The van der Waals surface area contributed by atoms with Crippen molar-refractivity contribution in [3.63, 3.8) is 0 Å². The van der Waals surface area contributed by atoms with E-state index in [1.807, 2.05) is 18.2 Å². The van der Waals surface area contributed by atoms with Crippen LogP contribution < -0.4 is 4.90 Å². The summed E-state index contributed by atoms with van der Waals surface area (Å²) < 4.78 is 32.7. The van der Waals surface area contributed by atoms with E-state index >= 15 is 0 Å². The van der Waals surface area contributed by atoms with Gasteiger partial charge in [-0.25, -0.2) is 8.78 Å². The van der Waals surface area contributed by atoms with Gasteiger partial charge in [-0.1, -0.05) is 18.2 Å². The predicted molar refractivity (Wildman–Crippen MR) is 95.8 cm³/mol. The lowest BCUT2D eigenvalue weighted by atomic mass is 10.1. The minimum atomic E-state index is -0.540. The van der Waals surface area contributed by atoms with Gasteiger partial charge < -0.3 is 9.32 Å². The van der Waals surface area contributed by atoms with Crippen molar-refractivity contribution in [3.05, 3.63) is 83.8 Å². The molecule has 1 aromatic heterocycles. The summed E-state index contributed by atoms with van der Waals surface area (Å²) in [7, 11) is 0. The zero-order chi connectivity index (χ0) is 17.2. The van der Waals surface area contributed by atoms with Gasteiger partial charge in [-0.2, -0.15) is 0 Å². The van der Waals surface area contributed by atoms with E-state index in [1.165, 1.54) is 6.07 Å². The second kappa shape index (κ2) is 6.92. The highest BCUT2D eigenvalue weighted by Gasteiger charge is 2.25. The van der Waals surface area contributed by atoms with Crippen molar-refractivity contribution < 1.29 is 13.2 Å². The highest BCUT2D eigenvalue weighted by atomic mass is 32.2. The summed E-state index contributed by atoms with van der Waals surface area (Å²) in [6, 6.07) is 14.0. The average molecular weight is 357 g/mol. The highest BCUT2D eigenvalue weighted by molar-refractivity contribution is 7.99. The number of furan rings is 1. The van der Waals surface area contributed by atoms with Crippen LogP contribution in [-0.2, 0) is 6.54 Å². The molecule has 0 saturated carbocycles. The van der Waals surface area contributed by atoms with Gasteiger partial charge in [0.2, 0.25) is 0 Å². The maximum absolute atomic E-state index is 14.3. The Kier molecular flexibility index (Phi) is 4.49. The first-order chi connectivity index (χ1) is 12.2. The molecule has 5 heteroatoms. The molecule has 0 N–H and O–H groups in total. The van der Waals surface area contributed by atoms with Crippen molar-refractivity contribution in [2.75, 3.05) is 11.4 Å². The monoisotopic (exact) mass is 357 g/mol. The molecule has 0 radical (unpaired) electrons. The maximum atomic E-state index is 14.3. The van der Waals surface area contributed by atoms with Crippen LogP contribution in [0.25, 0.3) is 0 Å². The number of hydrogen-bond donors (Lipinski definition) is 0. The molecule has 0 aliphatic carbocycles. The van der Waals surface area contributed by atoms with Crippen LogP contribution in [0.4, 0.5) is 14.5 Å². The lowest BCUT2D eigenvalue weighted by Gasteiger charge is -2.23. The van der Waals surface area contributed by atoms with E-state index in [-0.39, 0.29) is 5.25 Å². The molecule has 2 heterocycles. The lowest BCUT2D eigenvalue weighted by molar-refractivity contribution is 0.561. The molecular weight excluding hydrogens is 340 g/mol. The molecule has 0 unspecified atom stereocenters. The van der Waals surface area contributed by atoms with Gasteiger partial charge in [0.05, 0.1) is 18.2 Å². The minimum absolute atomic E-state index is 0.0453. The van der Waals surface area contributed by atoms with Gasteiger partial charge in [0.25, 0.3) is 0 Å². The van der Waals surface area contributed by atoms with E-state index in [2.05, 4.69) is 17.0 Å². The third-order valence-electron chi connectivity index (χ3n) is 4.40. The summed E-state index contributed by atoms with van der Waals surface area (Å²) >= 11 is 1.64. The molecule has 0 spiro atoms. The van der Waals surface area contributed by atoms with Crippen LogP contribution in [0.15, 0.2) is 70.4 Å². The van der Waals surface area contributed by atoms with Crippen molar-refractivity contribution in [1.82, 2.24) is 0 Å². The SMILES string of the molecule is Fc1ccc([C@H]2CCN(Cc3ccoc3)c3ccccc3S2)c(F)c1. The van der Waals surface area contributed by atoms with Crippen molar-refractivity contribution in [2.24, 2.45) is 0 Å². The smallest absolute Gasteiger partial charge is 0.130 e. The Morgan fingerprint density at radius 3 is 2.80 bits per heavy atom. The van der Waals surface area contributed by atoms with Gasteiger partial charge in [0.1, 0.15) is 11.6 Å². The van der Waals surface area contributed by atoms with Crippen LogP contribution in [0.3, 0.4) is 0 Å². The molecule has 4 rings (SSSR count). The Labute approximate surface area is 149 Å². The van der Waals surface area contributed by atoms with Gasteiger partial charge >= 0.3 is 0 Å². The Morgan fingerprint density at radius 2 is 2.00 bits per heavy atom. The third kappa shape index (κ3) is 3.42. The molecule has 2 nitrogen and oxygen atoms in total. The normalized spacial score (nSPS) is 17.2. The number of nitrogens with zero attached hydrogens (tertiary/aromatic N) is 1. The molecular formula is C20H17F2NOS. The largest absolute Gasteiger partial charge is 0.472 e. The fraction of sp³-hybridized carbons (Fsp3) is 0.200. The second-order valence-electron chi connectivity index (χ2n) is 6.08. The maximum Gasteiger partial charge on any atom is 0.130 e. The van der Waals surface area contributed by atoms with Crippen LogP contribution in [0.5, 0.6) is 0 Å². The Balaban J connectivity index is 1.66. The van der Waals surface area contributed by atoms with E-state index in [0.29, 0.717) is 5.56 Å². The van der Waals surface area contributed by atoms with Gasteiger partial charge in [0, 0.05) is 40.4 Å². The number of halogens is 2. The first-order valence-electron chi connectivity index (χ1n) is 8.17. The van der Waals surface area contributed by atoms with Gasteiger partial charge in [-0.3, -0.25) is 0 Å². The van der Waals surface area contributed by atoms with Crippen molar-refractivity contribution in [1.29, 1.82) is 0 Å². The standard InChI is InChI=1S/C20H17F2NOS/c21-15-5-6-16(17(22)11-15)19-7-9-23(12-14-8-10-24-13-14)18-3-1-2-4-20(18)25-19/h1-6,8,10-11,13,19H,7,9,12H2/t19-/m1/s1. The van der Waals surface area contributed by atoms with Crippen LogP contribution >= 0.6 is 11.8 Å². The number of hydrogen-bond acceptors (Lipinski definition) is 3. The molecule has 1 aliphatic heterocycles. The first-order valence-corrected chi connectivity index (χ1v) is 9.05. The van der Waals surface area contributed by atoms with Gasteiger partial charge in [0.15, 0.2) is 0 Å². The Hall–Kier alpha value is -2.27. The van der Waals surface area contributed by atoms with Crippen molar-refractivity contribution >= 4 is 17.4 Å². The summed E-state index contributed by atoms with van der Waals surface area (Å²) in [6.45, 7) is 1.53. The minimum Gasteiger partial charge on any atom is -0.472 e. The molecule has 3 aromatic rings. The van der Waals surface area contributed by atoms with E-state index in [1.54, 1.807) is 30.4 Å².